The van der Waals surface area contributed by atoms with E-state index in [4.69, 9.17) is 21.8 Å². The van der Waals surface area contributed by atoms with Gasteiger partial charge in [-0.15, -0.1) is 0 Å². The molecule has 0 amide bonds. The van der Waals surface area contributed by atoms with Crippen molar-refractivity contribution in [3.63, 3.8) is 0 Å². The fourth-order valence-corrected chi connectivity index (χ4v) is 2.69. The summed E-state index contributed by atoms with van der Waals surface area (Å²) in [5.41, 5.74) is 8.54. The number of hydrogen-bond acceptors (Lipinski definition) is 3. The van der Waals surface area contributed by atoms with Gasteiger partial charge in [0.15, 0.2) is 0 Å². The molecule has 1 aromatic heterocycles. The first-order valence-corrected chi connectivity index (χ1v) is 7.11. The molecule has 1 heterocycles. The molecular weight excluding hydrogens is 272 g/mol. The van der Waals surface area contributed by atoms with Gasteiger partial charge in [0.2, 0.25) is 0 Å². The fourth-order valence-electron chi connectivity index (χ4n) is 2.56. The van der Waals surface area contributed by atoms with Crippen LogP contribution in [-0.2, 0) is 6.54 Å². The second-order valence-corrected chi connectivity index (χ2v) is 5.71. The predicted molar refractivity (Wildman–Crippen MR) is 82.8 cm³/mol. The maximum Gasteiger partial charge on any atom is 0.105 e. The standard InChI is InChI=1S/C16H21ClN2O/c1-11(18)16(13-4-6-15(17)7-5-13)19(3)10-14-8-9-20-12(14)2/h4-9,11,16H,10,18H2,1-3H3. The van der Waals surface area contributed by atoms with E-state index in [1.165, 1.54) is 11.1 Å². The molecule has 0 aliphatic heterocycles. The lowest BCUT2D eigenvalue weighted by Crippen LogP contribution is -2.37. The van der Waals surface area contributed by atoms with Gasteiger partial charge >= 0.3 is 0 Å². The van der Waals surface area contributed by atoms with Gasteiger partial charge in [-0.2, -0.15) is 0 Å². The van der Waals surface area contributed by atoms with Crippen molar-refractivity contribution in [2.45, 2.75) is 32.5 Å². The average molecular weight is 293 g/mol. The van der Waals surface area contributed by atoms with Crippen LogP contribution in [0.4, 0.5) is 0 Å². The van der Waals surface area contributed by atoms with E-state index >= 15 is 0 Å². The Hall–Kier alpha value is -1.29. The monoisotopic (exact) mass is 292 g/mol. The molecule has 0 bridgehead atoms. The van der Waals surface area contributed by atoms with Crippen molar-refractivity contribution in [2.75, 3.05) is 7.05 Å². The Bertz CT molecular complexity index is 548. The van der Waals surface area contributed by atoms with Gasteiger partial charge in [-0.05, 0) is 44.7 Å². The number of benzene rings is 1. The topological polar surface area (TPSA) is 42.4 Å². The van der Waals surface area contributed by atoms with Crippen molar-refractivity contribution in [1.29, 1.82) is 0 Å². The number of furan rings is 1. The van der Waals surface area contributed by atoms with Crippen LogP contribution in [0.1, 0.15) is 29.9 Å². The van der Waals surface area contributed by atoms with Crippen molar-refractivity contribution in [3.05, 3.63) is 58.5 Å². The van der Waals surface area contributed by atoms with E-state index in [1.807, 2.05) is 44.2 Å². The van der Waals surface area contributed by atoms with Gasteiger partial charge in [0, 0.05) is 29.2 Å². The van der Waals surface area contributed by atoms with Crippen LogP contribution in [0.3, 0.4) is 0 Å². The van der Waals surface area contributed by atoms with Crippen LogP contribution in [0.5, 0.6) is 0 Å². The molecule has 20 heavy (non-hydrogen) atoms. The number of hydrogen-bond donors (Lipinski definition) is 1. The van der Waals surface area contributed by atoms with Gasteiger partial charge in [0.1, 0.15) is 5.76 Å². The summed E-state index contributed by atoms with van der Waals surface area (Å²) in [5, 5.41) is 0.741. The molecule has 2 atom stereocenters. The van der Waals surface area contributed by atoms with E-state index in [9.17, 15) is 0 Å². The molecule has 0 aliphatic carbocycles. The third-order valence-electron chi connectivity index (χ3n) is 3.57. The van der Waals surface area contributed by atoms with Crippen LogP contribution >= 0.6 is 11.6 Å². The largest absolute Gasteiger partial charge is 0.469 e. The smallest absolute Gasteiger partial charge is 0.105 e. The molecule has 2 unspecified atom stereocenters. The lowest BCUT2D eigenvalue weighted by Gasteiger charge is -2.31. The summed E-state index contributed by atoms with van der Waals surface area (Å²) in [5.74, 6) is 0.955. The van der Waals surface area contributed by atoms with Gasteiger partial charge < -0.3 is 10.2 Å². The Morgan fingerprint density at radius 3 is 2.40 bits per heavy atom. The van der Waals surface area contributed by atoms with Crippen LogP contribution < -0.4 is 5.73 Å². The Labute approximate surface area is 125 Å². The van der Waals surface area contributed by atoms with Crippen molar-refractivity contribution < 1.29 is 4.42 Å². The summed E-state index contributed by atoms with van der Waals surface area (Å²) in [6.45, 7) is 4.81. The third kappa shape index (κ3) is 3.42. The molecule has 0 saturated carbocycles. The minimum Gasteiger partial charge on any atom is -0.469 e. The molecule has 2 aromatic rings. The second-order valence-electron chi connectivity index (χ2n) is 5.27. The van der Waals surface area contributed by atoms with Crippen LogP contribution in [-0.4, -0.2) is 18.0 Å². The number of aryl methyl sites for hydroxylation is 1. The summed E-state index contributed by atoms with van der Waals surface area (Å²) in [6, 6.07) is 10.1. The molecule has 0 fully saturated rings. The average Bonchev–Trinajstić information content (AvgIpc) is 2.77. The first-order valence-electron chi connectivity index (χ1n) is 6.73. The van der Waals surface area contributed by atoms with E-state index in [-0.39, 0.29) is 12.1 Å². The van der Waals surface area contributed by atoms with E-state index in [1.54, 1.807) is 6.26 Å². The van der Waals surface area contributed by atoms with Gasteiger partial charge in [-0.3, -0.25) is 4.90 Å². The summed E-state index contributed by atoms with van der Waals surface area (Å²) in [6.07, 6.45) is 1.72. The Kier molecular flexibility index (Phi) is 4.86. The maximum absolute atomic E-state index is 6.18. The first kappa shape index (κ1) is 15.1. The molecular formula is C16H21ClN2O. The minimum atomic E-state index is 0.0217. The fraction of sp³-hybridized carbons (Fsp3) is 0.375. The molecule has 0 saturated heterocycles. The second kappa shape index (κ2) is 6.44. The Morgan fingerprint density at radius 2 is 1.90 bits per heavy atom. The third-order valence-corrected chi connectivity index (χ3v) is 3.82. The highest BCUT2D eigenvalue weighted by atomic mass is 35.5. The predicted octanol–water partition coefficient (Wildman–Crippen LogP) is 3.76. The van der Waals surface area contributed by atoms with Crippen molar-refractivity contribution in [2.24, 2.45) is 5.73 Å². The minimum absolute atomic E-state index is 0.0217. The zero-order chi connectivity index (χ0) is 14.7. The van der Waals surface area contributed by atoms with E-state index in [0.717, 1.165) is 17.3 Å². The molecule has 3 nitrogen and oxygen atoms in total. The molecule has 0 radical (unpaired) electrons. The molecule has 108 valence electrons. The molecule has 2 rings (SSSR count). The number of nitrogens with zero attached hydrogens (tertiary/aromatic N) is 1. The lowest BCUT2D eigenvalue weighted by atomic mass is 9.99. The first-order chi connectivity index (χ1) is 9.49. The van der Waals surface area contributed by atoms with Crippen LogP contribution in [0.2, 0.25) is 5.02 Å². The summed E-state index contributed by atoms with van der Waals surface area (Å²) < 4.78 is 5.35. The van der Waals surface area contributed by atoms with E-state index < -0.39 is 0 Å². The highest BCUT2D eigenvalue weighted by Gasteiger charge is 2.22. The SMILES string of the molecule is Cc1occc1CN(C)C(c1ccc(Cl)cc1)C(C)N. The van der Waals surface area contributed by atoms with Crippen molar-refractivity contribution in [1.82, 2.24) is 4.90 Å². The number of halogens is 1. The van der Waals surface area contributed by atoms with Gasteiger partial charge in [-0.25, -0.2) is 0 Å². The molecule has 0 spiro atoms. The summed E-state index contributed by atoms with van der Waals surface area (Å²) in [4.78, 5) is 2.24. The van der Waals surface area contributed by atoms with Gasteiger partial charge in [-0.1, -0.05) is 23.7 Å². The molecule has 0 aliphatic rings. The van der Waals surface area contributed by atoms with Crippen molar-refractivity contribution >= 4 is 11.6 Å². The zero-order valence-electron chi connectivity index (χ0n) is 12.1. The maximum atomic E-state index is 6.18. The van der Waals surface area contributed by atoms with Gasteiger partial charge in [0.05, 0.1) is 6.26 Å². The summed E-state index contributed by atoms with van der Waals surface area (Å²) in [7, 11) is 2.08. The lowest BCUT2D eigenvalue weighted by molar-refractivity contribution is 0.210. The van der Waals surface area contributed by atoms with Crippen LogP contribution in [0, 0.1) is 6.92 Å². The Balaban J connectivity index is 2.20. The van der Waals surface area contributed by atoms with E-state index in [2.05, 4.69) is 11.9 Å². The normalized spacial score (nSPS) is 14.5. The number of rotatable bonds is 5. The molecule has 4 heteroatoms. The van der Waals surface area contributed by atoms with Crippen molar-refractivity contribution in [3.8, 4) is 0 Å². The number of nitrogens with two attached hydrogens (primary N) is 1. The molecule has 2 N–H and O–H groups in total. The highest BCUT2D eigenvalue weighted by molar-refractivity contribution is 6.30. The highest BCUT2D eigenvalue weighted by Crippen LogP contribution is 2.26. The number of likely N-dealkylation sites (N-methyl/N-ethyl adjacent to an activating group) is 1. The van der Waals surface area contributed by atoms with Crippen LogP contribution in [0.25, 0.3) is 0 Å². The van der Waals surface area contributed by atoms with Crippen LogP contribution in [0.15, 0.2) is 41.0 Å². The van der Waals surface area contributed by atoms with E-state index in [0.29, 0.717) is 0 Å². The Morgan fingerprint density at radius 1 is 1.25 bits per heavy atom. The summed E-state index contributed by atoms with van der Waals surface area (Å²) >= 11 is 5.95. The molecule has 1 aromatic carbocycles. The van der Waals surface area contributed by atoms with Gasteiger partial charge in [0.25, 0.3) is 0 Å². The zero-order valence-corrected chi connectivity index (χ0v) is 12.9. The quantitative estimate of drug-likeness (QED) is 0.912.